The van der Waals surface area contributed by atoms with Crippen molar-refractivity contribution in [2.24, 2.45) is 5.41 Å². The van der Waals surface area contributed by atoms with E-state index in [1.54, 1.807) is 0 Å². The van der Waals surface area contributed by atoms with Crippen molar-refractivity contribution >= 4 is 16.6 Å². The van der Waals surface area contributed by atoms with E-state index in [0.717, 1.165) is 29.9 Å². The van der Waals surface area contributed by atoms with E-state index < -0.39 is 0 Å². The standard InChI is InChI=1S/C16H20N2O/c1-12-10-15(13-4-2-3-5-14(13)18-12)17-11-16(6-7-16)8-9-19/h2-5,10,19H,6-9,11H2,1H3,(H,17,18). The highest BCUT2D eigenvalue weighted by Crippen LogP contribution is 2.48. The minimum Gasteiger partial charge on any atom is -0.396 e. The number of hydrogen-bond donors (Lipinski definition) is 2. The van der Waals surface area contributed by atoms with Gasteiger partial charge in [-0.1, -0.05) is 18.2 Å². The summed E-state index contributed by atoms with van der Waals surface area (Å²) in [5.74, 6) is 0. The summed E-state index contributed by atoms with van der Waals surface area (Å²) in [6.07, 6.45) is 3.35. The van der Waals surface area contributed by atoms with Crippen LogP contribution in [-0.2, 0) is 0 Å². The number of nitrogens with one attached hydrogen (secondary N) is 1. The molecule has 0 unspecified atom stereocenters. The van der Waals surface area contributed by atoms with Gasteiger partial charge in [-0.25, -0.2) is 0 Å². The normalized spacial score (nSPS) is 16.5. The molecule has 100 valence electrons. The van der Waals surface area contributed by atoms with Gasteiger partial charge >= 0.3 is 0 Å². The largest absolute Gasteiger partial charge is 0.396 e. The first-order chi connectivity index (χ1) is 9.22. The molecule has 1 fully saturated rings. The molecule has 0 bridgehead atoms. The van der Waals surface area contributed by atoms with Crippen molar-refractivity contribution in [3.63, 3.8) is 0 Å². The number of aromatic nitrogens is 1. The molecule has 1 aliphatic carbocycles. The lowest BCUT2D eigenvalue weighted by atomic mass is 10.0. The number of hydrogen-bond acceptors (Lipinski definition) is 3. The van der Waals surface area contributed by atoms with E-state index in [-0.39, 0.29) is 6.61 Å². The van der Waals surface area contributed by atoms with Crippen LogP contribution in [0.5, 0.6) is 0 Å². The second-order valence-corrected chi connectivity index (χ2v) is 5.66. The second-order valence-electron chi connectivity index (χ2n) is 5.66. The molecule has 2 aromatic rings. The lowest BCUT2D eigenvalue weighted by Gasteiger charge is -2.17. The van der Waals surface area contributed by atoms with Crippen molar-refractivity contribution in [2.45, 2.75) is 26.2 Å². The number of para-hydroxylation sites is 1. The molecule has 0 aliphatic heterocycles. The van der Waals surface area contributed by atoms with E-state index in [4.69, 9.17) is 5.11 Å². The monoisotopic (exact) mass is 256 g/mol. The Kier molecular flexibility index (Phi) is 3.15. The average molecular weight is 256 g/mol. The zero-order valence-corrected chi connectivity index (χ0v) is 11.3. The Bertz CT molecular complexity index is 590. The van der Waals surface area contributed by atoms with Crippen LogP contribution in [0.2, 0.25) is 0 Å². The molecular weight excluding hydrogens is 236 g/mol. The first-order valence-electron chi connectivity index (χ1n) is 6.94. The number of anilines is 1. The molecule has 2 N–H and O–H groups in total. The van der Waals surface area contributed by atoms with Crippen LogP contribution in [0.25, 0.3) is 10.9 Å². The topological polar surface area (TPSA) is 45.1 Å². The summed E-state index contributed by atoms with van der Waals surface area (Å²) in [5.41, 5.74) is 3.56. The number of pyridine rings is 1. The van der Waals surface area contributed by atoms with Gasteiger partial charge < -0.3 is 10.4 Å². The maximum atomic E-state index is 9.12. The summed E-state index contributed by atoms with van der Waals surface area (Å²) in [7, 11) is 0. The lowest BCUT2D eigenvalue weighted by Crippen LogP contribution is -2.17. The maximum absolute atomic E-state index is 9.12. The number of rotatable bonds is 5. The molecule has 19 heavy (non-hydrogen) atoms. The maximum Gasteiger partial charge on any atom is 0.0725 e. The Hall–Kier alpha value is -1.61. The van der Waals surface area contributed by atoms with Crippen LogP contribution in [-0.4, -0.2) is 23.2 Å². The van der Waals surface area contributed by atoms with Gasteiger partial charge in [-0.2, -0.15) is 0 Å². The third-order valence-corrected chi connectivity index (χ3v) is 4.10. The summed E-state index contributed by atoms with van der Waals surface area (Å²) in [5, 5.41) is 13.9. The number of aliphatic hydroxyl groups excluding tert-OH is 1. The molecule has 0 radical (unpaired) electrons. The average Bonchev–Trinajstić information content (AvgIpc) is 3.16. The van der Waals surface area contributed by atoms with E-state index >= 15 is 0 Å². The van der Waals surface area contributed by atoms with Crippen LogP contribution < -0.4 is 5.32 Å². The number of aliphatic hydroxyl groups is 1. The van der Waals surface area contributed by atoms with E-state index in [1.165, 1.54) is 18.2 Å². The summed E-state index contributed by atoms with van der Waals surface area (Å²) >= 11 is 0. The molecule has 0 saturated heterocycles. The SMILES string of the molecule is Cc1cc(NCC2(CCO)CC2)c2ccccc2n1. The summed E-state index contributed by atoms with van der Waals surface area (Å²) in [6.45, 7) is 3.26. The smallest absolute Gasteiger partial charge is 0.0725 e. The zero-order chi connectivity index (χ0) is 13.3. The second kappa shape index (κ2) is 4.82. The van der Waals surface area contributed by atoms with Gasteiger partial charge in [-0.15, -0.1) is 0 Å². The number of benzene rings is 1. The number of nitrogens with zero attached hydrogens (tertiary/aromatic N) is 1. The molecule has 3 nitrogen and oxygen atoms in total. The Balaban J connectivity index is 1.84. The van der Waals surface area contributed by atoms with Gasteiger partial charge in [0.15, 0.2) is 0 Å². The number of aryl methyl sites for hydroxylation is 1. The molecule has 0 spiro atoms. The molecule has 3 heteroatoms. The van der Waals surface area contributed by atoms with E-state index in [1.807, 2.05) is 25.1 Å². The van der Waals surface area contributed by atoms with Crippen molar-refractivity contribution in [3.05, 3.63) is 36.0 Å². The van der Waals surface area contributed by atoms with Crippen LogP contribution in [0.1, 0.15) is 25.0 Å². The van der Waals surface area contributed by atoms with Gasteiger partial charge in [0.1, 0.15) is 0 Å². The van der Waals surface area contributed by atoms with Gasteiger partial charge in [0.25, 0.3) is 0 Å². The third-order valence-electron chi connectivity index (χ3n) is 4.10. The Morgan fingerprint density at radius 3 is 2.84 bits per heavy atom. The predicted octanol–water partition coefficient (Wildman–Crippen LogP) is 3.12. The van der Waals surface area contributed by atoms with Crippen molar-refractivity contribution in [3.8, 4) is 0 Å². The molecule has 1 aromatic carbocycles. The summed E-state index contributed by atoms with van der Waals surface area (Å²) < 4.78 is 0. The first kappa shape index (κ1) is 12.4. The highest BCUT2D eigenvalue weighted by atomic mass is 16.3. The molecule has 1 aliphatic rings. The van der Waals surface area contributed by atoms with Crippen LogP contribution in [0, 0.1) is 12.3 Å². The summed E-state index contributed by atoms with van der Waals surface area (Å²) in [4.78, 5) is 4.55. The fourth-order valence-electron chi connectivity index (χ4n) is 2.67. The van der Waals surface area contributed by atoms with Gasteiger partial charge in [0.2, 0.25) is 0 Å². The number of fused-ring (bicyclic) bond motifs is 1. The van der Waals surface area contributed by atoms with E-state index in [9.17, 15) is 0 Å². The first-order valence-corrected chi connectivity index (χ1v) is 6.94. The highest BCUT2D eigenvalue weighted by Gasteiger charge is 2.41. The van der Waals surface area contributed by atoms with Crippen molar-refractivity contribution in [1.82, 2.24) is 4.98 Å². The van der Waals surface area contributed by atoms with Crippen LogP contribution in [0.15, 0.2) is 30.3 Å². The molecular formula is C16H20N2O. The quantitative estimate of drug-likeness (QED) is 0.864. The van der Waals surface area contributed by atoms with Crippen LogP contribution >= 0.6 is 0 Å². The molecule has 0 atom stereocenters. The molecule has 1 saturated carbocycles. The lowest BCUT2D eigenvalue weighted by molar-refractivity contribution is 0.253. The molecule has 3 rings (SSSR count). The Morgan fingerprint density at radius 2 is 2.11 bits per heavy atom. The van der Waals surface area contributed by atoms with E-state index in [2.05, 4.69) is 22.4 Å². The van der Waals surface area contributed by atoms with Crippen LogP contribution in [0.3, 0.4) is 0 Å². The molecule has 1 heterocycles. The van der Waals surface area contributed by atoms with Crippen molar-refractivity contribution in [2.75, 3.05) is 18.5 Å². The molecule has 1 aromatic heterocycles. The van der Waals surface area contributed by atoms with Crippen molar-refractivity contribution < 1.29 is 5.11 Å². The summed E-state index contributed by atoms with van der Waals surface area (Å²) in [6, 6.07) is 10.3. The van der Waals surface area contributed by atoms with Gasteiger partial charge in [0.05, 0.1) is 5.52 Å². The van der Waals surface area contributed by atoms with Gasteiger partial charge in [-0.05, 0) is 43.7 Å². The Morgan fingerprint density at radius 1 is 1.32 bits per heavy atom. The van der Waals surface area contributed by atoms with Gasteiger partial charge in [0, 0.05) is 29.9 Å². The fourth-order valence-corrected chi connectivity index (χ4v) is 2.67. The highest BCUT2D eigenvalue weighted by molar-refractivity contribution is 5.91. The zero-order valence-electron chi connectivity index (χ0n) is 11.3. The fraction of sp³-hybridized carbons (Fsp3) is 0.438. The van der Waals surface area contributed by atoms with E-state index in [0.29, 0.717) is 5.41 Å². The Labute approximate surface area is 113 Å². The minimum absolute atomic E-state index is 0.289. The third kappa shape index (κ3) is 2.56. The predicted molar refractivity (Wildman–Crippen MR) is 78.3 cm³/mol. The minimum atomic E-state index is 0.289. The molecule has 0 amide bonds. The van der Waals surface area contributed by atoms with Gasteiger partial charge in [-0.3, -0.25) is 4.98 Å². The van der Waals surface area contributed by atoms with Crippen LogP contribution in [0.4, 0.5) is 5.69 Å². The van der Waals surface area contributed by atoms with Crippen molar-refractivity contribution in [1.29, 1.82) is 0 Å².